The number of carbonyl (C=O) groups is 1. The van der Waals surface area contributed by atoms with E-state index in [0.29, 0.717) is 36.8 Å². The number of amides is 1. The van der Waals surface area contributed by atoms with E-state index in [2.05, 4.69) is 27.9 Å². The second-order valence-corrected chi connectivity index (χ2v) is 10.0. The molecule has 0 bridgehead atoms. The maximum Gasteiger partial charge on any atom is 0.241 e. The minimum absolute atomic E-state index is 0.0676. The largest absolute Gasteiger partial charge is 0.341 e. The molecular weight excluding hydrogens is 428 g/mol. The number of rotatable bonds is 7. The quantitative estimate of drug-likeness (QED) is 0.567. The standard InChI is InChI=1S/C22H26N6O3S/c1-16-6-10-28(11-7-16)22(29)20(8-12-27-9-2-3-18(27)14-23)26-32(30,31)19-5-4-17-15-24-25-21(17)13-19/h2-5,9,13,15-16,20,26H,6-8,10-12H2,1H3,(H,24,25). The Morgan fingerprint density at radius 1 is 1.34 bits per heavy atom. The smallest absolute Gasteiger partial charge is 0.241 e. The molecule has 2 N–H and O–H groups in total. The van der Waals surface area contributed by atoms with E-state index in [-0.39, 0.29) is 17.2 Å². The normalized spacial score (nSPS) is 16.2. The zero-order valence-electron chi connectivity index (χ0n) is 17.9. The number of piperidine rings is 1. The molecule has 10 heteroatoms. The van der Waals surface area contributed by atoms with Gasteiger partial charge in [-0.25, -0.2) is 8.42 Å². The fourth-order valence-corrected chi connectivity index (χ4v) is 5.25. The summed E-state index contributed by atoms with van der Waals surface area (Å²) in [5.41, 5.74) is 1.07. The third-order valence-corrected chi connectivity index (χ3v) is 7.49. The molecule has 168 valence electrons. The molecule has 0 spiro atoms. The fourth-order valence-electron chi connectivity index (χ4n) is 4.00. The molecular formula is C22H26N6O3S. The van der Waals surface area contributed by atoms with E-state index in [1.54, 1.807) is 40.1 Å². The first-order valence-corrected chi connectivity index (χ1v) is 12.1. The second kappa shape index (κ2) is 9.14. The van der Waals surface area contributed by atoms with Crippen molar-refractivity contribution < 1.29 is 13.2 Å². The summed E-state index contributed by atoms with van der Waals surface area (Å²) in [4.78, 5) is 15.1. The Morgan fingerprint density at radius 3 is 2.88 bits per heavy atom. The van der Waals surface area contributed by atoms with Crippen LogP contribution < -0.4 is 4.72 Å². The number of aromatic nitrogens is 3. The molecule has 1 aliphatic rings. The van der Waals surface area contributed by atoms with Crippen LogP contribution in [0.25, 0.3) is 10.9 Å². The molecule has 1 fully saturated rings. The molecule has 1 aromatic carbocycles. The van der Waals surface area contributed by atoms with Crippen molar-refractivity contribution in [2.24, 2.45) is 5.92 Å². The number of nitrogens with one attached hydrogen (secondary N) is 2. The molecule has 0 radical (unpaired) electrons. The zero-order valence-corrected chi connectivity index (χ0v) is 18.7. The molecule has 4 rings (SSSR count). The van der Waals surface area contributed by atoms with Crippen LogP contribution in [0, 0.1) is 17.2 Å². The molecule has 3 heterocycles. The Hall–Kier alpha value is -3.16. The molecule has 3 aromatic rings. The highest BCUT2D eigenvalue weighted by Gasteiger charge is 2.31. The lowest BCUT2D eigenvalue weighted by atomic mass is 9.98. The minimum atomic E-state index is -3.95. The van der Waals surface area contributed by atoms with Gasteiger partial charge in [-0.2, -0.15) is 15.1 Å². The van der Waals surface area contributed by atoms with Gasteiger partial charge in [0, 0.05) is 31.2 Å². The summed E-state index contributed by atoms with van der Waals surface area (Å²) < 4.78 is 30.7. The molecule has 1 aliphatic heterocycles. The first-order chi connectivity index (χ1) is 15.4. The van der Waals surface area contributed by atoms with E-state index in [1.807, 2.05) is 0 Å². The maximum atomic E-state index is 13.3. The summed E-state index contributed by atoms with van der Waals surface area (Å²) in [6.07, 6.45) is 5.41. The number of likely N-dealkylation sites (tertiary alicyclic amines) is 1. The van der Waals surface area contributed by atoms with Crippen molar-refractivity contribution in [3.63, 3.8) is 0 Å². The Kier molecular flexibility index (Phi) is 6.30. The Balaban J connectivity index is 1.57. The number of benzene rings is 1. The first kappa shape index (κ1) is 22.0. The molecule has 1 unspecified atom stereocenters. The SMILES string of the molecule is CC1CCN(C(=O)C(CCn2cccc2C#N)NS(=O)(=O)c2ccc3cn[nH]c3c2)CC1. The number of nitrogens with zero attached hydrogens (tertiary/aromatic N) is 4. The highest BCUT2D eigenvalue weighted by atomic mass is 32.2. The lowest BCUT2D eigenvalue weighted by Gasteiger charge is -2.33. The molecule has 32 heavy (non-hydrogen) atoms. The van der Waals surface area contributed by atoms with Crippen molar-refractivity contribution in [1.82, 2.24) is 24.4 Å². The lowest BCUT2D eigenvalue weighted by molar-refractivity contribution is -0.134. The third kappa shape index (κ3) is 4.69. The molecule has 2 aromatic heterocycles. The molecule has 0 saturated carbocycles. The number of aromatic amines is 1. The van der Waals surface area contributed by atoms with Gasteiger partial charge in [-0.3, -0.25) is 9.89 Å². The highest BCUT2D eigenvalue weighted by Crippen LogP contribution is 2.20. The van der Waals surface area contributed by atoms with Crippen molar-refractivity contribution in [2.45, 2.75) is 43.7 Å². The minimum Gasteiger partial charge on any atom is -0.341 e. The molecule has 1 amide bonds. The number of H-pyrrole nitrogens is 1. The average molecular weight is 455 g/mol. The number of aryl methyl sites for hydroxylation is 1. The van der Waals surface area contributed by atoms with Crippen molar-refractivity contribution >= 4 is 26.8 Å². The Morgan fingerprint density at radius 2 is 2.12 bits per heavy atom. The van der Waals surface area contributed by atoms with Crippen molar-refractivity contribution in [2.75, 3.05) is 13.1 Å². The van der Waals surface area contributed by atoms with E-state index in [4.69, 9.17) is 0 Å². The van der Waals surface area contributed by atoms with Gasteiger partial charge in [-0.1, -0.05) is 6.92 Å². The Bertz CT molecular complexity index is 1250. The highest BCUT2D eigenvalue weighted by molar-refractivity contribution is 7.89. The second-order valence-electron chi connectivity index (χ2n) is 8.29. The summed E-state index contributed by atoms with van der Waals surface area (Å²) in [7, 11) is -3.95. The number of fused-ring (bicyclic) bond motifs is 1. The topological polar surface area (TPSA) is 124 Å². The predicted octanol–water partition coefficient (Wildman–Crippen LogP) is 2.23. The predicted molar refractivity (Wildman–Crippen MR) is 119 cm³/mol. The van der Waals surface area contributed by atoms with E-state index in [0.717, 1.165) is 18.2 Å². The van der Waals surface area contributed by atoms with Crippen LogP contribution in [0.4, 0.5) is 0 Å². The van der Waals surface area contributed by atoms with Crippen molar-refractivity contribution in [1.29, 1.82) is 5.26 Å². The van der Waals surface area contributed by atoms with Crippen molar-refractivity contribution in [3.05, 3.63) is 48.4 Å². The van der Waals surface area contributed by atoms with Gasteiger partial charge < -0.3 is 9.47 Å². The summed E-state index contributed by atoms with van der Waals surface area (Å²) in [6, 6.07) is 9.30. The monoisotopic (exact) mass is 454 g/mol. The summed E-state index contributed by atoms with van der Waals surface area (Å²) in [6.45, 7) is 3.73. The van der Waals surface area contributed by atoms with Gasteiger partial charge in [0.1, 0.15) is 17.8 Å². The molecule has 1 saturated heterocycles. The van der Waals surface area contributed by atoms with Gasteiger partial charge in [-0.15, -0.1) is 0 Å². The number of nitriles is 1. The maximum absolute atomic E-state index is 13.3. The van der Waals surface area contributed by atoms with Gasteiger partial charge in [0.15, 0.2) is 0 Å². The van der Waals surface area contributed by atoms with Gasteiger partial charge in [0.25, 0.3) is 0 Å². The zero-order chi connectivity index (χ0) is 22.7. The van der Waals surface area contributed by atoms with Crippen LogP contribution in [0.2, 0.25) is 0 Å². The molecule has 9 nitrogen and oxygen atoms in total. The number of carbonyl (C=O) groups excluding carboxylic acids is 1. The van der Waals surface area contributed by atoms with Crippen LogP contribution in [-0.4, -0.2) is 53.1 Å². The van der Waals surface area contributed by atoms with Gasteiger partial charge in [0.05, 0.1) is 16.6 Å². The van der Waals surface area contributed by atoms with Gasteiger partial charge in [0.2, 0.25) is 15.9 Å². The van der Waals surface area contributed by atoms with Crippen LogP contribution in [0.1, 0.15) is 31.9 Å². The number of sulfonamides is 1. The van der Waals surface area contributed by atoms with E-state index in [9.17, 15) is 18.5 Å². The van der Waals surface area contributed by atoms with E-state index < -0.39 is 16.1 Å². The molecule has 0 aliphatic carbocycles. The van der Waals surface area contributed by atoms with E-state index in [1.165, 1.54) is 12.1 Å². The van der Waals surface area contributed by atoms with Crippen LogP contribution in [0.3, 0.4) is 0 Å². The lowest BCUT2D eigenvalue weighted by Crippen LogP contribution is -2.50. The third-order valence-electron chi connectivity index (χ3n) is 6.02. The van der Waals surface area contributed by atoms with E-state index >= 15 is 0 Å². The Labute approximate surface area is 187 Å². The summed E-state index contributed by atoms with van der Waals surface area (Å²) >= 11 is 0. The van der Waals surface area contributed by atoms with Crippen LogP contribution in [0.15, 0.2) is 47.6 Å². The fraction of sp³-hybridized carbons (Fsp3) is 0.409. The first-order valence-electron chi connectivity index (χ1n) is 10.7. The number of hydrogen-bond acceptors (Lipinski definition) is 5. The number of hydrogen-bond donors (Lipinski definition) is 2. The molecule has 1 atom stereocenters. The van der Waals surface area contributed by atoms with Crippen LogP contribution in [0.5, 0.6) is 0 Å². The van der Waals surface area contributed by atoms with Gasteiger partial charge >= 0.3 is 0 Å². The summed E-state index contributed by atoms with van der Waals surface area (Å²) in [5, 5.41) is 16.7. The van der Waals surface area contributed by atoms with Gasteiger partial charge in [-0.05, 0) is 55.5 Å². The average Bonchev–Trinajstić information content (AvgIpc) is 3.45. The van der Waals surface area contributed by atoms with Crippen LogP contribution in [-0.2, 0) is 21.4 Å². The summed E-state index contributed by atoms with van der Waals surface area (Å²) in [5.74, 6) is 0.321. The van der Waals surface area contributed by atoms with Crippen LogP contribution >= 0.6 is 0 Å². The van der Waals surface area contributed by atoms with Crippen molar-refractivity contribution in [3.8, 4) is 6.07 Å².